The monoisotopic (exact) mass is 1060 g/mol. The van der Waals surface area contributed by atoms with Gasteiger partial charge in [-0.25, -0.2) is 4.79 Å². The lowest BCUT2D eigenvalue weighted by molar-refractivity contribution is -0.282. The molecular formula is C59H97NO13Si. The van der Waals surface area contributed by atoms with Crippen LogP contribution < -0.4 is 0 Å². The van der Waals surface area contributed by atoms with Crippen LogP contribution in [-0.2, 0) is 56.8 Å². The Labute approximate surface area is 446 Å². The molecule has 3 aliphatic heterocycles. The highest BCUT2D eigenvalue weighted by Gasteiger charge is 2.48. The van der Waals surface area contributed by atoms with Gasteiger partial charge in [0, 0.05) is 65.6 Å². The van der Waals surface area contributed by atoms with Gasteiger partial charge in [-0.2, -0.15) is 0 Å². The number of methoxy groups -OCH3 is 4. The van der Waals surface area contributed by atoms with E-state index in [0.29, 0.717) is 50.5 Å². The van der Waals surface area contributed by atoms with Crippen molar-refractivity contribution < 1.29 is 61.9 Å². The van der Waals surface area contributed by atoms with E-state index in [4.69, 9.17) is 32.8 Å². The van der Waals surface area contributed by atoms with Gasteiger partial charge in [-0.1, -0.05) is 91.8 Å². The number of piperidine rings is 1. The number of amides is 1. The first kappa shape index (κ1) is 63.4. The van der Waals surface area contributed by atoms with Gasteiger partial charge in [0.1, 0.15) is 30.1 Å². The molecule has 420 valence electrons. The Morgan fingerprint density at radius 1 is 0.811 bits per heavy atom. The topological polar surface area (TPSA) is 173 Å². The molecule has 0 aromatic heterocycles. The van der Waals surface area contributed by atoms with Gasteiger partial charge in [-0.15, -0.1) is 0 Å². The van der Waals surface area contributed by atoms with Crippen LogP contribution in [0.2, 0.25) is 18.1 Å². The molecule has 1 saturated carbocycles. The molecule has 4 aliphatic rings. The Kier molecular flexibility index (Phi) is 24.4. The highest BCUT2D eigenvalue weighted by molar-refractivity contribution is 6.74. The number of carbonyl (C=O) groups excluding carboxylic acids is 5. The van der Waals surface area contributed by atoms with E-state index in [9.17, 15) is 29.1 Å². The number of ether oxygens (including phenoxy) is 6. The number of nitrogens with zero attached hydrogens (tertiary/aromatic N) is 1. The fourth-order valence-corrected chi connectivity index (χ4v) is 12.6. The maximum atomic E-state index is 14.6. The lowest BCUT2D eigenvalue weighted by atomic mass is 9.78. The molecule has 3 fully saturated rings. The molecule has 2 bridgehead atoms. The molecular weight excluding hydrogens is 959 g/mol. The maximum Gasteiger partial charge on any atom is 0.329 e. The quantitative estimate of drug-likeness (QED) is 0.100. The summed E-state index contributed by atoms with van der Waals surface area (Å²) < 4.78 is 43.4. The highest BCUT2D eigenvalue weighted by Crippen LogP contribution is 2.42. The van der Waals surface area contributed by atoms with Crippen molar-refractivity contribution in [3.63, 3.8) is 0 Å². The number of carbonyl (C=O) groups is 5. The fraction of sp³-hybridized carbons (Fsp3) is 0.780. The van der Waals surface area contributed by atoms with Gasteiger partial charge < -0.3 is 42.9 Å². The standard InChI is InChI=1S/C59H97NO13Si/c1-37-22-18-17-19-23-38(2)50(67-11)34-45-27-25-43(7)59(66,72-45)36-48(62)56(64)60-29-21-20-24-46(60)57(65)71-51(35-47(61)39(3)31-42(6)54(69-13)55(70-14)53(63)41(5)30-37)40(4)32-44-26-28-49(52(33-44)68-12)73-74(15,16)58(8,9)10/h17-19,22-23,31,37,39-41,43-46,49-52,54-55,66H,20-21,24-30,32-36H2,1-16H3/b19-17+,22-18+,38-23?,42-31+/t37-,39-,40-,41-,43-,44+,45+,46+,49?,50+,51+,52-,54-,55+,59+/m1/s1. The van der Waals surface area contributed by atoms with Gasteiger partial charge in [0.05, 0.1) is 30.8 Å². The largest absolute Gasteiger partial charge is 0.460 e. The first-order chi connectivity index (χ1) is 34.7. The predicted octanol–water partition coefficient (Wildman–Crippen LogP) is 10.3. The second-order valence-corrected chi connectivity index (χ2v) is 28.8. The molecule has 3 heterocycles. The van der Waals surface area contributed by atoms with Crippen LogP contribution in [0.3, 0.4) is 0 Å². The lowest BCUT2D eigenvalue weighted by Crippen LogP contribution is -2.54. The van der Waals surface area contributed by atoms with Gasteiger partial charge in [0.15, 0.2) is 19.9 Å². The minimum atomic E-state index is -2.08. The highest BCUT2D eigenvalue weighted by atomic mass is 28.4. The van der Waals surface area contributed by atoms with E-state index < -0.39 is 80.5 Å². The van der Waals surface area contributed by atoms with Crippen LogP contribution in [0.4, 0.5) is 0 Å². The average Bonchev–Trinajstić information content (AvgIpc) is 3.34. The Balaban J connectivity index is 1.70. The minimum absolute atomic E-state index is 0.0319. The first-order valence-electron chi connectivity index (χ1n) is 27.7. The van der Waals surface area contributed by atoms with Crippen LogP contribution in [0.1, 0.15) is 153 Å². The predicted molar refractivity (Wildman–Crippen MR) is 291 cm³/mol. The molecule has 0 radical (unpaired) electrons. The van der Waals surface area contributed by atoms with Crippen LogP contribution in [0.5, 0.6) is 0 Å². The Hall–Kier alpha value is -3.15. The number of aliphatic hydroxyl groups is 1. The normalized spacial score (nSPS) is 36.9. The van der Waals surface area contributed by atoms with Crippen molar-refractivity contribution in [3.05, 3.63) is 47.6 Å². The van der Waals surface area contributed by atoms with E-state index >= 15 is 0 Å². The molecule has 1 unspecified atom stereocenters. The minimum Gasteiger partial charge on any atom is -0.460 e. The summed E-state index contributed by atoms with van der Waals surface area (Å²) in [5, 5.41) is 12.0. The van der Waals surface area contributed by atoms with E-state index in [0.717, 1.165) is 24.8 Å². The van der Waals surface area contributed by atoms with E-state index in [1.165, 1.54) is 19.1 Å². The van der Waals surface area contributed by atoms with Gasteiger partial charge in [-0.05, 0) is 125 Å². The number of fused-ring (bicyclic) bond motifs is 3. The van der Waals surface area contributed by atoms with E-state index in [-0.39, 0.29) is 78.0 Å². The lowest BCUT2D eigenvalue weighted by Gasteiger charge is -2.44. The molecule has 0 aromatic rings. The zero-order chi connectivity index (χ0) is 55.3. The van der Waals surface area contributed by atoms with Gasteiger partial charge in [-0.3, -0.25) is 19.2 Å². The van der Waals surface area contributed by atoms with Crippen molar-refractivity contribution in [1.82, 2.24) is 4.90 Å². The van der Waals surface area contributed by atoms with Crippen LogP contribution in [0, 0.1) is 35.5 Å². The van der Waals surface area contributed by atoms with Crippen molar-refractivity contribution in [2.75, 3.05) is 35.0 Å². The van der Waals surface area contributed by atoms with Gasteiger partial charge in [0.25, 0.3) is 5.91 Å². The summed E-state index contributed by atoms with van der Waals surface area (Å²) in [7, 11) is 4.30. The molecule has 2 saturated heterocycles. The molecule has 14 nitrogen and oxygen atoms in total. The van der Waals surface area contributed by atoms with E-state index in [2.05, 4.69) is 46.9 Å². The summed E-state index contributed by atoms with van der Waals surface area (Å²) in [4.78, 5) is 72.7. The number of cyclic esters (lactones) is 1. The third kappa shape index (κ3) is 17.2. The Morgan fingerprint density at radius 2 is 1.50 bits per heavy atom. The molecule has 1 N–H and O–H groups in total. The number of esters is 1. The van der Waals surface area contributed by atoms with Crippen LogP contribution in [0.15, 0.2) is 47.6 Å². The van der Waals surface area contributed by atoms with Crippen LogP contribution >= 0.6 is 0 Å². The van der Waals surface area contributed by atoms with Crippen molar-refractivity contribution >= 4 is 37.5 Å². The zero-order valence-corrected chi connectivity index (χ0v) is 49.2. The molecule has 74 heavy (non-hydrogen) atoms. The van der Waals surface area contributed by atoms with Crippen molar-refractivity contribution in [3.8, 4) is 0 Å². The van der Waals surface area contributed by atoms with Crippen molar-refractivity contribution in [1.29, 1.82) is 0 Å². The van der Waals surface area contributed by atoms with Gasteiger partial charge in [0.2, 0.25) is 5.78 Å². The molecule has 0 spiro atoms. The van der Waals surface area contributed by atoms with Crippen LogP contribution in [-0.4, -0.2) is 137 Å². The van der Waals surface area contributed by atoms with Crippen molar-refractivity contribution in [2.45, 2.75) is 225 Å². The smallest absolute Gasteiger partial charge is 0.329 e. The SMILES string of the molecule is CO[C@H]1C[C@@H]2CC[C@@H](C)[C@](O)(CC(=O)C(=O)N3CCCC[C@H]3C(=O)O[C@H]([C@H](C)C[C@@H]3CCC(O[Si](C)(C)C(C)(C)C)[C@H](OC)C3)CC(=O)[C@H](C)/C=C(\C)[C@@H](OC)[C@@H](OC)C(=O)[C@H](C)C[C@H](C)/C=C/C=C/C=C1C)O2. The summed E-state index contributed by atoms with van der Waals surface area (Å²) in [6, 6.07) is -1.06. The molecule has 0 aromatic carbocycles. The summed E-state index contributed by atoms with van der Waals surface area (Å²) in [6.45, 7) is 24.7. The zero-order valence-electron chi connectivity index (χ0n) is 48.2. The summed E-state index contributed by atoms with van der Waals surface area (Å²) in [5.74, 6) is -6.00. The van der Waals surface area contributed by atoms with Gasteiger partial charge >= 0.3 is 5.97 Å². The maximum absolute atomic E-state index is 14.6. The second-order valence-electron chi connectivity index (χ2n) is 24.1. The van der Waals surface area contributed by atoms with E-state index in [1.807, 2.05) is 58.9 Å². The number of hydrogen-bond acceptors (Lipinski definition) is 13. The molecule has 4 rings (SSSR count). The number of Topliss-reactive ketones (excluding diaryl/α,β-unsaturated/α-hetero) is 3. The summed E-state index contributed by atoms with van der Waals surface area (Å²) in [5.41, 5.74) is 1.60. The molecule has 15 atom stereocenters. The number of hydrogen-bond donors (Lipinski definition) is 1. The molecule has 15 heteroatoms. The Bertz CT molecular complexity index is 2010. The summed E-state index contributed by atoms with van der Waals surface area (Å²) in [6.07, 6.45) is 14.3. The van der Waals surface area contributed by atoms with Crippen molar-refractivity contribution in [2.24, 2.45) is 35.5 Å². The van der Waals surface area contributed by atoms with Crippen LogP contribution in [0.25, 0.3) is 0 Å². The average molecular weight is 1060 g/mol. The second kappa shape index (κ2) is 28.5. The first-order valence-corrected chi connectivity index (χ1v) is 30.6. The molecule has 1 aliphatic carbocycles. The fourth-order valence-electron chi connectivity index (χ4n) is 11.3. The third-order valence-corrected chi connectivity index (χ3v) is 21.7. The summed E-state index contributed by atoms with van der Waals surface area (Å²) >= 11 is 0. The van der Waals surface area contributed by atoms with E-state index in [1.54, 1.807) is 27.2 Å². The Morgan fingerprint density at radius 3 is 2.14 bits per heavy atom. The third-order valence-electron chi connectivity index (χ3n) is 17.2. The molecule has 1 amide bonds. The number of rotatable bonds is 9. The number of ketones is 3. The number of allylic oxidation sites excluding steroid dienone is 6.